The van der Waals surface area contributed by atoms with Crippen LogP contribution in [0.2, 0.25) is 0 Å². The van der Waals surface area contributed by atoms with Gasteiger partial charge in [0.25, 0.3) is 6.43 Å². The number of alkyl halides is 2. The van der Waals surface area contributed by atoms with Crippen molar-refractivity contribution in [2.45, 2.75) is 50.9 Å². The van der Waals surface area contributed by atoms with Crippen molar-refractivity contribution < 1.29 is 31.8 Å². The number of halogens is 4. The van der Waals surface area contributed by atoms with Gasteiger partial charge in [0.1, 0.15) is 23.8 Å². The van der Waals surface area contributed by atoms with Crippen molar-refractivity contribution in [3.8, 4) is 5.75 Å². The zero-order chi connectivity index (χ0) is 23.5. The summed E-state index contributed by atoms with van der Waals surface area (Å²) in [7, 11) is 0. The third-order valence-corrected chi connectivity index (χ3v) is 6.07. The number of Topliss-reactive ketones (excluding diaryl/α,β-unsaturated/α-hetero) is 1. The number of ether oxygens (including phenoxy) is 2. The molecule has 0 radical (unpaired) electrons. The van der Waals surface area contributed by atoms with E-state index in [0.29, 0.717) is 50.5 Å². The molecule has 2 atom stereocenters. The minimum absolute atomic E-state index is 0.00292. The van der Waals surface area contributed by atoms with Crippen molar-refractivity contribution in [1.29, 1.82) is 0 Å². The Hall–Kier alpha value is -2.75. The normalized spacial score (nSPS) is 23.7. The molecule has 0 spiro atoms. The van der Waals surface area contributed by atoms with E-state index in [1.807, 2.05) is 11.0 Å². The fraction of sp³-hybridized carbons (Fsp3) is 0.522. The Balaban J connectivity index is 1.46. The highest BCUT2D eigenvalue weighted by Crippen LogP contribution is 2.32. The van der Waals surface area contributed by atoms with E-state index in [0.717, 1.165) is 17.7 Å². The fourth-order valence-electron chi connectivity index (χ4n) is 4.31. The van der Waals surface area contributed by atoms with Gasteiger partial charge in [0.2, 0.25) is 5.88 Å². The van der Waals surface area contributed by atoms with Crippen molar-refractivity contribution >= 4 is 5.78 Å². The molecule has 33 heavy (non-hydrogen) atoms. The van der Waals surface area contributed by atoms with Gasteiger partial charge in [0.05, 0.1) is 18.3 Å². The van der Waals surface area contributed by atoms with Crippen LogP contribution in [0, 0.1) is 11.6 Å². The molecule has 3 aliphatic rings. The molecule has 6 nitrogen and oxygen atoms in total. The number of nitrogens with zero attached hydrogens (tertiary/aromatic N) is 1. The quantitative estimate of drug-likeness (QED) is 0.599. The summed E-state index contributed by atoms with van der Waals surface area (Å²) in [6, 6.07) is 2.89. The summed E-state index contributed by atoms with van der Waals surface area (Å²) in [4.78, 5) is 13.7. The summed E-state index contributed by atoms with van der Waals surface area (Å²) >= 11 is 0. The van der Waals surface area contributed by atoms with Crippen LogP contribution in [0.1, 0.15) is 26.2 Å². The highest BCUT2D eigenvalue weighted by atomic mass is 19.3. The Morgan fingerprint density at radius 3 is 2.73 bits per heavy atom. The second-order valence-corrected chi connectivity index (χ2v) is 8.47. The summed E-state index contributed by atoms with van der Waals surface area (Å²) in [5.74, 6) is -0.910. The lowest BCUT2D eigenvalue weighted by Gasteiger charge is -2.41. The first-order chi connectivity index (χ1) is 15.8. The Kier molecular flexibility index (Phi) is 7.11. The topological polar surface area (TPSA) is 62.8 Å². The van der Waals surface area contributed by atoms with E-state index in [1.54, 1.807) is 0 Å². The molecule has 2 saturated heterocycles. The van der Waals surface area contributed by atoms with Crippen LogP contribution in [-0.2, 0) is 9.53 Å². The lowest BCUT2D eigenvalue weighted by atomic mass is 9.92. The van der Waals surface area contributed by atoms with Gasteiger partial charge in [-0.2, -0.15) is 0 Å². The van der Waals surface area contributed by atoms with Gasteiger partial charge in [-0.3, -0.25) is 4.79 Å². The van der Waals surface area contributed by atoms with Gasteiger partial charge in [-0.05, 0) is 37.1 Å². The SMILES string of the molecule is CC(=O)C1CC2=CC(NCC(F)F)=C(N3CCC(Oc4ccc(F)cc4F)CC3)OC2CN1. The van der Waals surface area contributed by atoms with Crippen molar-refractivity contribution in [3.05, 3.63) is 53.1 Å². The van der Waals surface area contributed by atoms with Crippen LogP contribution in [0.3, 0.4) is 0 Å². The van der Waals surface area contributed by atoms with Crippen LogP contribution in [0.25, 0.3) is 0 Å². The maximum atomic E-state index is 13.9. The Morgan fingerprint density at radius 2 is 2.06 bits per heavy atom. The molecule has 10 heteroatoms. The Morgan fingerprint density at radius 1 is 1.30 bits per heavy atom. The molecule has 0 saturated carbocycles. The molecular formula is C23H27F4N3O3. The molecule has 3 heterocycles. The molecule has 0 aromatic heterocycles. The highest BCUT2D eigenvalue weighted by Gasteiger charge is 2.35. The number of hydrogen-bond acceptors (Lipinski definition) is 6. The zero-order valence-electron chi connectivity index (χ0n) is 18.3. The second-order valence-electron chi connectivity index (χ2n) is 8.47. The number of allylic oxidation sites excluding steroid dienone is 1. The standard InChI is InChI=1S/C23H27F4N3O3/c1-13(31)18-8-14-9-19(29-12-22(26)27)23(33-21(14)11-28-18)30-6-4-16(5-7-30)32-20-3-2-15(24)10-17(20)25/h2-3,9-10,16,18,21-22,28-29H,4-8,11-12H2,1H3. The lowest BCUT2D eigenvalue weighted by Crippen LogP contribution is -2.50. The van der Waals surface area contributed by atoms with Gasteiger partial charge in [-0.15, -0.1) is 0 Å². The molecule has 4 rings (SSSR count). The summed E-state index contributed by atoms with van der Waals surface area (Å²) in [5.41, 5.74) is 1.36. The van der Waals surface area contributed by atoms with Gasteiger partial charge in [0, 0.05) is 38.5 Å². The van der Waals surface area contributed by atoms with E-state index >= 15 is 0 Å². The van der Waals surface area contributed by atoms with Crippen molar-refractivity contribution in [3.63, 3.8) is 0 Å². The number of likely N-dealkylation sites (tertiary alicyclic amines) is 1. The molecule has 0 aliphatic carbocycles. The van der Waals surface area contributed by atoms with E-state index in [4.69, 9.17) is 9.47 Å². The highest BCUT2D eigenvalue weighted by molar-refractivity contribution is 5.82. The van der Waals surface area contributed by atoms with E-state index in [2.05, 4.69) is 10.6 Å². The average molecular weight is 469 g/mol. The number of carbonyl (C=O) groups excluding carboxylic acids is 1. The number of fused-ring (bicyclic) bond motifs is 1. The van der Waals surface area contributed by atoms with E-state index in [-0.39, 0.29) is 29.8 Å². The predicted octanol–water partition coefficient (Wildman–Crippen LogP) is 3.11. The number of benzene rings is 1. The first kappa shape index (κ1) is 23.4. The molecule has 3 aliphatic heterocycles. The summed E-state index contributed by atoms with van der Waals surface area (Å²) < 4.78 is 64.7. The van der Waals surface area contributed by atoms with Crippen LogP contribution in [0.5, 0.6) is 5.75 Å². The summed E-state index contributed by atoms with van der Waals surface area (Å²) in [6.07, 6.45) is 0.315. The first-order valence-electron chi connectivity index (χ1n) is 11.0. The summed E-state index contributed by atoms with van der Waals surface area (Å²) in [5, 5.41) is 5.94. The van der Waals surface area contributed by atoms with Crippen molar-refractivity contribution in [1.82, 2.24) is 15.5 Å². The number of hydrogen-bond donors (Lipinski definition) is 2. The van der Waals surface area contributed by atoms with E-state index in [9.17, 15) is 22.4 Å². The minimum atomic E-state index is -2.53. The van der Waals surface area contributed by atoms with Gasteiger partial charge >= 0.3 is 0 Å². The molecule has 2 unspecified atom stereocenters. The third-order valence-electron chi connectivity index (χ3n) is 6.07. The van der Waals surface area contributed by atoms with Crippen LogP contribution in [-0.4, -0.2) is 61.5 Å². The van der Waals surface area contributed by atoms with Gasteiger partial charge < -0.3 is 25.0 Å². The largest absolute Gasteiger partial charge is 0.487 e. The lowest BCUT2D eigenvalue weighted by molar-refractivity contribution is -0.119. The Bertz CT molecular complexity index is 945. The van der Waals surface area contributed by atoms with Gasteiger partial charge in [0.15, 0.2) is 11.6 Å². The predicted molar refractivity (Wildman–Crippen MR) is 113 cm³/mol. The van der Waals surface area contributed by atoms with E-state index in [1.165, 1.54) is 13.0 Å². The molecule has 2 fully saturated rings. The zero-order valence-corrected chi connectivity index (χ0v) is 18.3. The van der Waals surface area contributed by atoms with Crippen molar-refractivity contribution in [2.24, 2.45) is 0 Å². The summed E-state index contributed by atoms with van der Waals surface area (Å²) in [6.45, 7) is 2.48. The average Bonchev–Trinajstić information content (AvgIpc) is 2.79. The molecule has 0 amide bonds. The Labute approximate surface area is 189 Å². The maximum absolute atomic E-state index is 13.9. The minimum Gasteiger partial charge on any atom is -0.487 e. The smallest absolute Gasteiger partial charge is 0.255 e. The number of nitrogens with one attached hydrogen (secondary N) is 2. The fourth-order valence-corrected chi connectivity index (χ4v) is 4.31. The molecular weight excluding hydrogens is 442 g/mol. The van der Waals surface area contributed by atoms with Crippen LogP contribution < -0.4 is 15.4 Å². The molecule has 180 valence electrons. The number of rotatable bonds is 7. The number of ketones is 1. The molecule has 2 N–H and O–H groups in total. The second kappa shape index (κ2) is 10.0. The number of piperidine rings is 2. The van der Waals surface area contributed by atoms with Gasteiger partial charge in [-0.1, -0.05) is 0 Å². The molecule has 1 aromatic rings. The van der Waals surface area contributed by atoms with Gasteiger partial charge in [-0.25, -0.2) is 17.6 Å². The van der Waals surface area contributed by atoms with Crippen LogP contribution >= 0.6 is 0 Å². The molecule has 1 aromatic carbocycles. The van der Waals surface area contributed by atoms with Crippen LogP contribution in [0.4, 0.5) is 17.6 Å². The first-order valence-corrected chi connectivity index (χ1v) is 11.0. The van der Waals surface area contributed by atoms with Crippen LogP contribution in [0.15, 0.2) is 41.4 Å². The maximum Gasteiger partial charge on any atom is 0.255 e. The molecule has 0 bridgehead atoms. The van der Waals surface area contributed by atoms with Crippen molar-refractivity contribution in [2.75, 3.05) is 26.2 Å². The monoisotopic (exact) mass is 469 g/mol. The number of carbonyl (C=O) groups is 1. The third kappa shape index (κ3) is 5.61. The van der Waals surface area contributed by atoms with E-state index < -0.39 is 24.6 Å².